The van der Waals surface area contributed by atoms with E-state index in [0.29, 0.717) is 11.4 Å². The van der Waals surface area contributed by atoms with Crippen LogP contribution in [0.1, 0.15) is 23.6 Å². The molecule has 2 rings (SSSR count). The summed E-state index contributed by atoms with van der Waals surface area (Å²) >= 11 is 0. The number of hydrogen-bond donors (Lipinski definition) is 1. The Kier molecular flexibility index (Phi) is 4.16. The first-order chi connectivity index (χ1) is 9.63. The van der Waals surface area contributed by atoms with Gasteiger partial charge in [0.15, 0.2) is 0 Å². The summed E-state index contributed by atoms with van der Waals surface area (Å²) in [6.07, 6.45) is 3.19. The first-order valence-corrected chi connectivity index (χ1v) is 6.38. The van der Waals surface area contributed by atoms with Crippen LogP contribution in [0.15, 0.2) is 30.5 Å². The van der Waals surface area contributed by atoms with E-state index in [9.17, 15) is 4.79 Å². The Bertz CT molecular complexity index is 654. The van der Waals surface area contributed by atoms with Gasteiger partial charge in [-0.25, -0.2) is 0 Å². The highest BCUT2D eigenvalue weighted by molar-refractivity contribution is 5.90. The summed E-state index contributed by atoms with van der Waals surface area (Å²) in [5.41, 5.74) is 2.67. The standard InChI is InChI=1S/C15H16N4O/c1-11(20)19(2)15-14(10-17-18-15)8-7-12-5-3-4-6-13(12)9-16/h3-6,10H,7-8H2,1-2H3,(H,17,18). The molecule has 1 N–H and O–H groups in total. The number of aryl methyl sites for hydroxylation is 2. The van der Waals surface area contributed by atoms with Crippen molar-refractivity contribution in [1.82, 2.24) is 10.2 Å². The SMILES string of the molecule is CC(=O)N(C)c1[nH]ncc1CCc1ccccc1C#N. The van der Waals surface area contributed by atoms with Gasteiger partial charge in [-0.3, -0.25) is 9.89 Å². The Balaban J connectivity index is 2.14. The van der Waals surface area contributed by atoms with Gasteiger partial charge in [0, 0.05) is 19.5 Å². The summed E-state index contributed by atoms with van der Waals surface area (Å²) in [6, 6.07) is 9.74. The molecule has 20 heavy (non-hydrogen) atoms. The minimum atomic E-state index is -0.0482. The lowest BCUT2D eigenvalue weighted by atomic mass is 10.0. The maximum atomic E-state index is 11.4. The number of aromatic nitrogens is 2. The Morgan fingerprint density at radius 2 is 2.05 bits per heavy atom. The molecule has 0 fully saturated rings. The number of anilines is 1. The normalized spacial score (nSPS) is 10.1. The lowest BCUT2D eigenvalue weighted by molar-refractivity contribution is -0.116. The number of carbonyl (C=O) groups excluding carboxylic acids is 1. The van der Waals surface area contributed by atoms with Crippen molar-refractivity contribution in [1.29, 1.82) is 5.26 Å². The van der Waals surface area contributed by atoms with Gasteiger partial charge in [-0.15, -0.1) is 0 Å². The van der Waals surface area contributed by atoms with Crippen molar-refractivity contribution in [3.63, 3.8) is 0 Å². The summed E-state index contributed by atoms with van der Waals surface area (Å²) in [6.45, 7) is 1.51. The first-order valence-electron chi connectivity index (χ1n) is 6.38. The van der Waals surface area contributed by atoms with E-state index in [1.165, 1.54) is 6.92 Å². The number of aromatic amines is 1. The molecule has 0 spiro atoms. The molecule has 0 atom stereocenters. The molecule has 0 unspecified atom stereocenters. The fourth-order valence-corrected chi connectivity index (χ4v) is 2.05. The van der Waals surface area contributed by atoms with E-state index in [2.05, 4.69) is 16.3 Å². The highest BCUT2D eigenvalue weighted by Crippen LogP contribution is 2.19. The minimum Gasteiger partial charge on any atom is -0.300 e. The average Bonchev–Trinajstić information content (AvgIpc) is 2.92. The van der Waals surface area contributed by atoms with Crippen LogP contribution in [0.4, 0.5) is 5.82 Å². The number of rotatable bonds is 4. The van der Waals surface area contributed by atoms with Crippen LogP contribution in [0.2, 0.25) is 0 Å². The fraction of sp³-hybridized carbons (Fsp3) is 0.267. The zero-order valence-electron chi connectivity index (χ0n) is 11.6. The highest BCUT2D eigenvalue weighted by atomic mass is 16.2. The summed E-state index contributed by atoms with van der Waals surface area (Å²) in [4.78, 5) is 12.9. The third-order valence-electron chi connectivity index (χ3n) is 3.30. The maximum absolute atomic E-state index is 11.4. The third-order valence-corrected chi connectivity index (χ3v) is 3.30. The predicted octanol–water partition coefficient (Wildman–Crippen LogP) is 2.05. The molecular weight excluding hydrogens is 252 g/mol. The van der Waals surface area contributed by atoms with Crippen molar-refractivity contribution in [2.75, 3.05) is 11.9 Å². The second-order valence-electron chi connectivity index (χ2n) is 4.59. The smallest absolute Gasteiger partial charge is 0.224 e. The first kappa shape index (κ1) is 13.8. The molecule has 102 valence electrons. The van der Waals surface area contributed by atoms with E-state index in [1.54, 1.807) is 18.1 Å². The Labute approximate surface area is 117 Å². The molecule has 1 heterocycles. The van der Waals surface area contributed by atoms with Gasteiger partial charge in [0.1, 0.15) is 5.82 Å². The number of nitrogens with one attached hydrogen (secondary N) is 1. The summed E-state index contributed by atoms with van der Waals surface area (Å²) < 4.78 is 0. The van der Waals surface area contributed by atoms with Crippen LogP contribution >= 0.6 is 0 Å². The van der Waals surface area contributed by atoms with Crippen LogP contribution in [0.3, 0.4) is 0 Å². The number of carbonyl (C=O) groups is 1. The van der Waals surface area contributed by atoms with E-state index in [-0.39, 0.29) is 5.91 Å². The van der Waals surface area contributed by atoms with Crippen LogP contribution in [-0.4, -0.2) is 23.2 Å². The summed E-state index contributed by atoms with van der Waals surface area (Å²) in [5.74, 6) is 0.667. The molecule has 0 radical (unpaired) electrons. The van der Waals surface area contributed by atoms with Gasteiger partial charge in [0.25, 0.3) is 0 Å². The summed E-state index contributed by atoms with van der Waals surface area (Å²) in [5, 5.41) is 15.9. The van der Waals surface area contributed by atoms with Gasteiger partial charge in [-0.05, 0) is 24.5 Å². The molecule has 5 nitrogen and oxygen atoms in total. The Morgan fingerprint density at radius 3 is 2.75 bits per heavy atom. The lowest BCUT2D eigenvalue weighted by Crippen LogP contribution is -2.24. The van der Waals surface area contributed by atoms with Crippen LogP contribution in [0, 0.1) is 11.3 Å². The Morgan fingerprint density at radius 1 is 1.35 bits per heavy atom. The van der Waals surface area contributed by atoms with E-state index in [0.717, 1.165) is 24.0 Å². The number of benzene rings is 1. The largest absolute Gasteiger partial charge is 0.300 e. The molecule has 0 aliphatic rings. The van der Waals surface area contributed by atoms with Crippen LogP contribution in [0.5, 0.6) is 0 Å². The van der Waals surface area contributed by atoms with Crippen LogP contribution in [0.25, 0.3) is 0 Å². The molecule has 0 bridgehead atoms. The number of nitrogens with zero attached hydrogens (tertiary/aromatic N) is 3. The zero-order chi connectivity index (χ0) is 14.5. The van der Waals surface area contributed by atoms with Gasteiger partial charge >= 0.3 is 0 Å². The number of hydrogen-bond acceptors (Lipinski definition) is 3. The van der Waals surface area contributed by atoms with Crippen molar-refractivity contribution >= 4 is 11.7 Å². The number of H-pyrrole nitrogens is 1. The predicted molar refractivity (Wildman–Crippen MR) is 76.2 cm³/mol. The molecule has 2 aromatic rings. The monoisotopic (exact) mass is 268 g/mol. The third kappa shape index (κ3) is 2.86. The van der Waals surface area contributed by atoms with Gasteiger partial charge in [0.2, 0.25) is 5.91 Å². The van der Waals surface area contributed by atoms with Crippen molar-refractivity contribution in [3.8, 4) is 6.07 Å². The maximum Gasteiger partial charge on any atom is 0.224 e. The van der Waals surface area contributed by atoms with Gasteiger partial charge in [-0.1, -0.05) is 18.2 Å². The number of nitriles is 1. The second-order valence-corrected chi connectivity index (χ2v) is 4.59. The van der Waals surface area contributed by atoms with Crippen molar-refractivity contribution < 1.29 is 4.79 Å². The molecule has 1 aromatic carbocycles. The van der Waals surface area contributed by atoms with E-state index in [1.807, 2.05) is 24.3 Å². The van der Waals surface area contributed by atoms with Gasteiger partial charge < -0.3 is 4.90 Å². The minimum absolute atomic E-state index is 0.0482. The van der Waals surface area contributed by atoms with Crippen molar-refractivity contribution in [2.45, 2.75) is 19.8 Å². The molecule has 0 saturated carbocycles. The van der Waals surface area contributed by atoms with E-state index < -0.39 is 0 Å². The number of amides is 1. The molecule has 1 aromatic heterocycles. The fourth-order valence-electron chi connectivity index (χ4n) is 2.05. The molecule has 1 amide bonds. The molecule has 0 saturated heterocycles. The van der Waals surface area contributed by atoms with Crippen molar-refractivity contribution in [3.05, 3.63) is 47.2 Å². The van der Waals surface area contributed by atoms with Crippen molar-refractivity contribution in [2.24, 2.45) is 0 Å². The molecular formula is C15H16N4O. The van der Waals surface area contributed by atoms with Gasteiger partial charge in [-0.2, -0.15) is 10.4 Å². The lowest BCUT2D eigenvalue weighted by Gasteiger charge is -2.14. The van der Waals surface area contributed by atoms with Gasteiger partial charge in [0.05, 0.1) is 17.8 Å². The second kappa shape index (κ2) is 6.02. The topological polar surface area (TPSA) is 72.8 Å². The quantitative estimate of drug-likeness (QED) is 0.922. The molecule has 0 aliphatic carbocycles. The average molecular weight is 268 g/mol. The van der Waals surface area contributed by atoms with Crippen LogP contribution < -0.4 is 4.90 Å². The highest BCUT2D eigenvalue weighted by Gasteiger charge is 2.13. The van der Waals surface area contributed by atoms with E-state index >= 15 is 0 Å². The zero-order valence-corrected chi connectivity index (χ0v) is 11.6. The molecule has 0 aliphatic heterocycles. The molecule has 5 heteroatoms. The van der Waals surface area contributed by atoms with E-state index in [4.69, 9.17) is 5.26 Å². The van der Waals surface area contributed by atoms with Crippen LogP contribution in [-0.2, 0) is 17.6 Å². The summed E-state index contributed by atoms with van der Waals surface area (Å²) in [7, 11) is 1.71. The Hall–Kier alpha value is -2.61.